The minimum absolute atomic E-state index is 0.109. The van der Waals surface area contributed by atoms with Gasteiger partial charge in [-0.05, 0) is 182 Å². The molecule has 0 saturated carbocycles. The van der Waals surface area contributed by atoms with E-state index in [4.69, 9.17) is 8.83 Å². The lowest BCUT2D eigenvalue weighted by Crippen LogP contribution is -2.16. The van der Waals surface area contributed by atoms with Crippen molar-refractivity contribution in [2.45, 2.75) is 52.4 Å². The van der Waals surface area contributed by atoms with Crippen molar-refractivity contribution in [2.75, 3.05) is 9.80 Å². The van der Waals surface area contributed by atoms with Gasteiger partial charge >= 0.3 is 0 Å². The Hall–Kier alpha value is -8.86. The topological polar surface area (TPSA) is 32.8 Å². The average Bonchev–Trinajstić information content (AvgIpc) is 4.10. The summed E-state index contributed by atoms with van der Waals surface area (Å²) in [7, 11) is 0. The summed E-state index contributed by atoms with van der Waals surface area (Å²) in [5, 5.41) is 8.89. The quantitative estimate of drug-likeness (QED) is 0.166. The Morgan fingerprint density at radius 1 is 0.297 bits per heavy atom. The molecule has 0 fully saturated rings. The molecule has 0 bridgehead atoms. The number of anilines is 6. The van der Waals surface area contributed by atoms with E-state index in [0.29, 0.717) is 0 Å². The van der Waals surface area contributed by atoms with Gasteiger partial charge in [-0.25, -0.2) is 0 Å². The van der Waals surface area contributed by atoms with Crippen LogP contribution in [0, 0.1) is 13.8 Å². The predicted molar refractivity (Wildman–Crippen MR) is 310 cm³/mol. The first-order valence-electron chi connectivity index (χ1n) is 25.9. The molecule has 0 spiro atoms. The van der Waals surface area contributed by atoms with Gasteiger partial charge in [-0.2, -0.15) is 0 Å². The van der Waals surface area contributed by atoms with Gasteiger partial charge in [-0.15, -0.1) is 0 Å². The molecule has 354 valence electrons. The van der Waals surface area contributed by atoms with Crippen molar-refractivity contribution < 1.29 is 8.83 Å². The minimum atomic E-state index is -0.109. The summed E-state index contributed by atoms with van der Waals surface area (Å²) < 4.78 is 13.5. The molecule has 11 aromatic carbocycles. The molecule has 0 unspecified atom stereocenters. The highest BCUT2D eigenvalue weighted by Gasteiger charge is 2.37. The summed E-state index contributed by atoms with van der Waals surface area (Å²) in [5.74, 6) is 0. The number of hydrogen-bond acceptors (Lipinski definition) is 4. The summed E-state index contributed by atoms with van der Waals surface area (Å²) in [6.45, 7) is 13.8. The number of rotatable bonds is 6. The van der Waals surface area contributed by atoms with Crippen molar-refractivity contribution >= 4 is 99.5 Å². The summed E-state index contributed by atoms with van der Waals surface area (Å²) >= 11 is 0. The summed E-state index contributed by atoms with van der Waals surface area (Å²) in [6, 6.07) is 76.1. The molecule has 0 amide bonds. The Bertz CT molecular complexity index is 4260. The number of furan rings is 2. The van der Waals surface area contributed by atoms with Gasteiger partial charge in [0.1, 0.15) is 22.3 Å². The molecule has 2 aliphatic rings. The molecule has 0 atom stereocenters. The van der Waals surface area contributed by atoms with Crippen molar-refractivity contribution in [2.24, 2.45) is 0 Å². The molecule has 13 aromatic rings. The molecule has 4 heteroatoms. The van der Waals surface area contributed by atoms with E-state index >= 15 is 0 Å². The van der Waals surface area contributed by atoms with Crippen LogP contribution in [0.1, 0.15) is 61.1 Å². The van der Waals surface area contributed by atoms with Crippen LogP contribution in [0.5, 0.6) is 0 Å². The number of hydrogen-bond donors (Lipinski definition) is 0. The Morgan fingerprint density at radius 3 is 1.12 bits per heavy atom. The van der Waals surface area contributed by atoms with Crippen LogP contribution in [0.25, 0.3) is 87.7 Å². The molecule has 2 aromatic heterocycles. The second-order valence-electron chi connectivity index (χ2n) is 21.9. The lowest BCUT2D eigenvalue weighted by atomic mass is 9.82. The highest BCUT2D eigenvalue weighted by Crippen LogP contribution is 2.53. The highest BCUT2D eigenvalue weighted by molar-refractivity contribution is 6.18. The van der Waals surface area contributed by atoms with Gasteiger partial charge in [-0.1, -0.05) is 137 Å². The van der Waals surface area contributed by atoms with E-state index in [1.807, 2.05) is 0 Å². The fourth-order valence-electron chi connectivity index (χ4n) is 12.9. The zero-order valence-electron chi connectivity index (χ0n) is 42.3. The largest absolute Gasteiger partial charge is 0.456 e. The fourth-order valence-corrected chi connectivity index (χ4v) is 12.9. The third-order valence-corrected chi connectivity index (χ3v) is 16.8. The second-order valence-corrected chi connectivity index (χ2v) is 21.9. The van der Waals surface area contributed by atoms with Crippen LogP contribution in [0.4, 0.5) is 34.1 Å². The van der Waals surface area contributed by atoms with Crippen LogP contribution in [0.3, 0.4) is 0 Å². The van der Waals surface area contributed by atoms with E-state index in [1.165, 1.54) is 55.6 Å². The van der Waals surface area contributed by atoms with Gasteiger partial charge in [0.15, 0.2) is 0 Å². The van der Waals surface area contributed by atoms with E-state index in [9.17, 15) is 0 Å². The standard InChI is InChI=1S/C70H52N2O2/c1-41-15-7-13-21-63(41)71(49-27-29-53-51-17-9-11-19-59(51)69(3,4)61(53)37-49)47-25-23-43-33-55-57-39-58-56-34-44-24-26-48(32-46(44)36-66(56)74-68(58)40-67(57)73-65(55)35-45(43)31-47)72(64-22-14-8-16-42(64)2)50-28-30-54-52-18-10-12-20-60(52)70(5,6)62(54)38-50/h7-40H,1-6H3. The van der Waals surface area contributed by atoms with Gasteiger partial charge in [0.05, 0.1) is 0 Å². The van der Waals surface area contributed by atoms with Crippen LogP contribution < -0.4 is 9.80 Å². The van der Waals surface area contributed by atoms with E-state index in [1.54, 1.807) is 0 Å². The van der Waals surface area contributed by atoms with Crippen LogP contribution in [-0.4, -0.2) is 0 Å². The van der Waals surface area contributed by atoms with E-state index in [0.717, 1.165) is 99.5 Å². The van der Waals surface area contributed by atoms with Crippen LogP contribution in [0.15, 0.2) is 215 Å². The molecule has 4 nitrogen and oxygen atoms in total. The van der Waals surface area contributed by atoms with Crippen molar-refractivity contribution in [3.63, 3.8) is 0 Å². The SMILES string of the molecule is Cc1ccccc1N(c1ccc2c(c1)C(C)(C)c1ccccc1-2)c1ccc2cc3c(cc2c1)oc1cc2oc4cc5cc(N(c6ccc7c(c6)C(C)(C)c6ccccc6-7)c6ccccc6C)ccc5cc4c2cc13. The molecule has 2 heterocycles. The van der Waals surface area contributed by atoms with Crippen molar-refractivity contribution in [3.8, 4) is 22.3 Å². The predicted octanol–water partition coefficient (Wildman–Crippen LogP) is 20.0. The number of para-hydroxylation sites is 2. The maximum Gasteiger partial charge on any atom is 0.139 e. The summed E-state index contributed by atoms with van der Waals surface area (Å²) in [6.07, 6.45) is 0. The van der Waals surface area contributed by atoms with E-state index < -0.39 is 0 Å². The van der Waals surface area contributed by atoms with E-state index in [2.05, 4.69) is 258 Å². The van der Waals surface area contributed by atoms with Crippen LogP contribution in [-0.2, 0) is 10.8 Å². The lowest BCUT2D eigenvalue weighted by Gasteiger charge is -2.29. The van der Waals surface area contributed by atoms with Crippen molar-refractivity contribution in [3.05, 3.63) is 240 Å². The number of benzene rings is 11. The monoisotopic (exact) mass is 952 g/mol. The van der Waals surface area contributed by atoms with Crippen LogP contribution >= 0.6 is 0 Å². The molecule has 0 N–H and O–H groups in total. The lowest BCUT2D eigenvalue weighted by molar-refractivity contribution is 0.656. The molecule has 74 heavy (non-hydrogen) atoms. The molecular weight excluding hydrogens is 901 g/mol. The second kappa shape index (κ2) is 15.3. The Balaban J connectivity index is 0.812. The average molecular weight is 953 g/mol. The van der Waals surface area contributed by atoms with Crippen molar-refractivity contribution in [1.82, 2.24) is 0 Å². The Morgan fingerprint density at radius 2 is 0.662 bits per heavy atom. The third kappa shape index (κ3) is 6.15. The summed E-state index contributed by atoms with van der Waals surface area (Å²) in [4.78, 5) is 4.82. The molecule has 0 radical (unpaired) electrons. The van der Waals surface area contributed by atoms with Crippen molar-refractivity contribution in [1.29, 1.82) is 0 Å². The van der Waals surface area contributed by atoms with Crippen LogP contribution in [0.2, 0.25) is 0 Å². The maximum atomic E-state index is 6.75. The van der Waals surface area contributed by atoms with Gasteiger partial charge in [-0.3, -0.25) is 0 Å². The fraction of sp³-hybridized carbons (Fsp3) is 0.114. The first kappa shape index (κ1) is 42.8. The maximum absolute atomic E-state index is 6.75. The minimum Gasteiger partial charge on any atom is -0.456 e. The summed E-state index contributed by atoms with van der Waals surface area (Å²) in [5.41, 5.74) is 23.1. The first-order valence-corrected chi connectivity index (χ1v) is 25.9. The molecule has 15 rings (SSSR count). The number of fused-ring (bicyclic) bond motifs is 14. The Kier molecular flexibility index (Phi) is 8.87. The normalized spacial score (nSPS) is 14.0. The van der Waals surface area contributed by atoms with Gasteiger partial charge in [0.2, 0.25) is 0 Å². The molecule has 2 aliphatic carbocycles. The number of aryl methyl sites for hydroxylation is 2. The number of nitrogens with zero attached hydrogens (tertiary/aromatic N) is 2. The van der Waals surface area contributed by atoms with Gasteiger partial charge < -0.3 is 18.6 Å². The van der Waals surface area contributed by atoms with E-state index in [-0.39, 0.29) is 10.8 Å². The molecule has 0 saturated heterocycles. The van der Waals surface area contributed by atoms with Gasteiger partial charge in [0, 0.05) is 72.6 Å². The zero-order valence-corrected chi connectivity index (χ0v) is 42.3. The molecule has 0 aliphatic heterocycles. The highest BCUT2D eigenvalue weighted by atomic mass is 16.3. The molecular formula is C70H52N2O2. The Labute approximate surface area is 430 Å². The first-order chi connectivity index (χ1) is 36.0. The zero-order chi connectivity index (χ0) is 49.8. The van der Waals surface area contributed by atoms with Gasteiger partial charge in [0.25, 0.3) is 0 Å². The third-order valence-electron chi connectivity index (χ3n) is 16.8. The smallest absolute Gasteiger partial charge is 0.139 e.